The first-order valence-corrected chi connectivity index (χ1v) is 8.01. The van der Waals surface area contributed by atoms with E-state index in [4.69, 9.17) is 0 Å². The number of allylic oxidation sites excluding steroid dienone is 1. The summed E-state index contributed by atoms with van der Waals surface area (Å²) < 4.78 is 0. The van der Waals surface area contributed by atoms with Crippen molar-refractivity contribution in [2.45, 2.75) is 32.6 Å². The Hall–Kier alpha value is -2.48. The first-order chi connectivity index (χ1) is 11.2. The highest BCUT2D eigenvalue weighted by molar-refractivity contribution is 6.00. The van der Waals surface area contributed by atoms with E-state index in [9.17, 15) is 9.59 Å². The summed E-state index contributed by atoms with van der Waals surface area (Å²) >= 11 is 0. The zero-order valence-corrected chi connectivity index (χ0v) is 13.5. The van der Waals surface area contributed by atoms with Gasteiger partial charge in [0, 0.05) is 12.8 Å². The average molecular weight is 306 g/mol. The van der Waals surface area contributed by atoms with Gasteiger partial charge in [0.25, 0.3) is 0 Å². The van der Waals surface area contributed by atoms with Gasteiger partial charge in [-0.05, 0) is 42.5 Å². The van der Waals surface area contributed by atoms with Gasteiger partial charge in [0.1, 0.15) is 5.78 Å². The fourth-order valence-electron chi connectivity index (χ4n) is 2.48. The highest BCUT2D eigenvalue weighted by Gasteiger charge is 2.07. The Morgan fingerprint density at radius 1 is 0.783 bits per heavy atom. The van der Waals surface area contributed by atoms with Gasteiger partial charge in [0.15, 0.2) is 5.78 Å². The third kappa shape index (κ3) is 5.67. The van der Waals surface area contributed by atoms with Gasteiger partial charge >= 0.3 is 0 Å². The number of carbonyl (C=O) groups is 2. The zero-order chi connectivity index (χ0) is 16.5. The Labute approximate surface area is 137 Å². The van der Waals surface area contributed by atoms with Crippen LogP contribution in [0.3, 0.4) is 0 Å². The molecule has 0 unspecified atom stereocenters. The average Bonchev–Trinajstić information content (AvgIpc) is 2.58. The number of carbonyl (C=O) groups excluding carboxylic acids is 2. The van der Waals surface area contributed by atoms with Gasteiger partial charge < -0.3 is 4.79 Å². The van der Waals surface area contributed by atoms with E-state index < -0.39 is 0 Å². The van der Waals surface area contributed by atoms with Gasteiger partial charge in [-0.1, -0.05) is 60.7 Å². The van der Waals surface area contributed by atoms with E-state index in [2.05, 4.69) is 0 Å². The predicted molar refractivity (Wildman–Crippen MR) is 94.1 cm³/mol. The number of unbranched alkanes of at least 4 members (excludes halogenated alkanes) is 1. The third-order valence-electron chi connectivity index (χ3n) is 3.68. The highest BCUT2D eigenvalue weighted by atomic mass is 16.1. The maximum Gasteiger partial charge on any atom is 0.156 e. The topological polar surface area (TPSA) is 34.1 Å². The number of benzene rings is 2. The maximum atomic E-state index is 12.3. The molecule has 2 heteroatoms. The first-order valence-electron chi connectivity index (χ1n) is 8.01. The number of hydrogen-bond donors (Lipinski definition) is 0. The summed E-state index contributed by atoms with van der Waals surface area (Å²) in [4.78, 5) is 23.2. The van der Waals surface area contributed by atoms with Gasteiger partial charge in [-0.25, -0.2) is 0 Å². The molecule has 0 N–H and O–H groups in total. The molecule has 0 radical (unpaired) electrons. The van der Waals surface area contributed by atoms with Crippen molar-refractivity contribution < 1.29 is 9.59 Å². The van der Waals surface area contributed by atoms with E-state index in [1.165, 1.54) is 0 Å². The summed E-state index contributed by atoms with van der Waals surface area (Å²) in [5.41, 5.74) is 3.02. The minimum absolute atomic E-state index is 0.108. The molecule has 0 bridgehead atoms. The number of Topliss-reactive ketones (excluding diaryl/α,β-unsaturated/α-hetero) is 1. The Balaban J connectivity index is 2.14. The van der Waals surface area contributed by atoms with Crippen LogP contribution in [-0.4, -0.2) is 11.6 Å². The van der Waals surface area contributed by atoms with Crippen LogP contribution in [-0.2, 0) is 9.59 Å². The largest absolute Gasteiger partial charge is 0.300 e. The summed E-state index contributed by atoms with van der Waals surface area (Å²) in [7, 11) is 0. The Kier molecular flexibility index (Phi) is 6.49. The van der Waals surface area contributed by atoms with Crippen LogP contribution in [0.25, 0.3) is 5.57 Å². The van der Waals surface area contributed by atoms with Crippen molar-refractivity contribution in [1.29, 1.82) is 0 Å². The summed E-state index contributed by atoms with van der Waals surface area (Å²) in [6.45, 7) is 1.59. The maximum absolute atomic E-state index is 12.3. The quantitative estimate of drug-likeness (QED) is 0.517. The van der Waals surface area contributed by atoms with E-state index in [0.29, 0.717) is 12.8 Å². The van der Waals surface area contributed by atoms with Crippen LogP contribution in [0, 0.1) is 0 Å². The van der Waals surface area contributed by atoms with E-state index in [-0.39, 0.29) is 11.6 Å². The van der Waals surface area contributed by atoms with Crippen LogP contribution < -0.4 is 0 Å². The van der Waals surface area contributed by atoms with E-state index >= 15 is 0 Å². The van der Waals surface area contributed by atoms with Crippen LogP contribution in [0.4, 0.5) is 0 Å². The second-order valence-corrected chi connectivity index (χ2v) is 5.67. The molecule has 2 aromatic rings. The van der Waals surface area contributed by atoms with Crippen LogP contribution in [0.2, 0.25) is 0 Å². The number of hydrogen-bond acceptors (Lipinski definition) is 2. The lowest BCUT2D eigenvalue weighted by atomic mass is 9.96. The van der Waals surface area contributed by atoms with Gasteiger partial charge in [0.2, 0.25) is 0 Å². The van der Waals surface area contributed by atoms with Gasteiger partial charge in [-0.15, -0.1) is 0 Å². The van der Waals surface area contributed by atoms with Crippen molar-refractivity contribution in [3.8, 4) is 0 Å². The minimum Gasteiger partial charge on any atom is -0.300 e. The van der Waals surface area contributed by atoms with Crippen LogP contribution >= 0.6 is 0 Å². The van der Waals surface area contributed by atoms with Crippen molar-refractivity contribution in [2.24, 2.45) is 0 Å². The predicted octanol–water partition coefficient (Wildman–Crippen LogP) is 4.84. The summed E-state index contributed by atoms with van der Waals surface area (Å²) in [5, 5.41) is 0. The molecular formula is C21H22O2. The zero-order valence-electron chi connectivity index (χ0n) is 13.5. The van der Waals surface area contributed by atoms with Crippen molar-refractivity contribution in [2.75, 3.05) is 0 Å². The van der Waals surface area contributed by atoms with Gasteiger partial charge in [0.05, 0.1) is 0 Å². The molecule has 2 rings (SSSR count). The molecule has 0 heterocycles. The SMILES string of the molecule is CC(=O)CCCCC(=O)C=C(c1ccccc1)c1ccccc1. The fraction of sp³-hybridized carbons (Fsp3) is 0.238. The molecule has 0 aliphatic carbocycles. The van der Waals surface area contributed by atoms with Crippen molar-refractivity contribution in [1.82, 2.24) is 0 Å². The van der Waals surface area contributed by atoms with Crippen LogP contribution in [0.5, 0.6) is 0 Å². The monoisotopic (exact) mass is 306 g/mol. The molecule has 2 aromatic carbocycles. The smallest absolute Gasteiger partial charge is 0.156 e. The first kappa shape index (κ1) is 16.9. The minimum atomic E-state index is 0.108. The molecule has 118 valence electrons. The normalized spacial score (nSPS) is 10.1. The van der Waals surface area contributed by atoms with Gasteiger partial charge in [-0.3, -0.25) is 4.79 Å². The van der Waals surface area contributed by atoms with Crippen molar-refractivity contribution in [3.05, 3.63) is 77.9 Å². The summed E-state index contributed by atoms with van der Waals surface area (Å²) in [5.74, 6) is 0.290. The molecule has 0 aliphatic rings. The Morgan fingerprint density at radius 3 is 1.74 bits per heavy atom. The molecule has 0 spiro atoms. The molecule has 0 atom stereocenters. The fourth-order valence-corrected chi connectivity index (χ4v) is 2.48. The highest BCUT2D eigenvalue weighted by Crippen LogP contribution is 2.23. The molecule has 0 amide bonds. The molecule has 23 heavy (non-hydrogen) atoms. The second kappa shape index (κ2) is 8.84. The molecule has 0 fully saturated rings. The molecule has 0 saturated heterocycles. The lowest BCUT2D eigenvalue weighted by Crippen LogP contribution is -1.98. The van der Waals surface area contributed by atoms with E-state index in [0.717, 1.165) is 29.5 Å². The number of rotatable bonds is 8. The van der Waals surface area contributed by atoms with Crippen LogP contribution in [0.1, 0.15) is 43.7 Å². The van der Waals surface area contributed by atoms with Gasteiger partial charge in [-0.2, -0.15) is 0 Å². The standard InChI is InChI=1S/C21H22O2/c1-17(22)10-8-9-15-20(23)16-21(18-11-4-2-5-12-18)19-13-6-3-7-14-19/h2-7,11-14,16H,8-10,15H2,1H3. The molecular weight excluding hydrogens is 284 g/mol. The molecule has 2 nitrogen and oxygen atoms in total. The summed E-state index contributed by atoms with van der Waals surface area (Å²) in [6.07, 6.45) is 4.31. The lowest BCUT2D eigenvalue weighted by molar-refractivity contribution is -0.118. The molecule has 0 saturated carbocycles. The lowest BCUT2D eigenvalue weighted by Gasteiger charge is -2.08. The Bertz CT molecular complexity index is 628. The van der Waals surface area contributed by atoms with Crippen molar-refractivity contribution >= 4 is 17.1 Å². The van der Waals surface area contributed by atoms with Crippen LogP contribution in [0.15, 0.2) is 66.7 Å². The molecule has 0 aromatic heterocycles. The van der Waals surface area contributed by atoms with E-state index in [1.807, 2.05) is 60.7 Å². The number of ketones is 2. The Morgan fingerprint density at radius 2 is 1.26 bits per heavy atom. The van der Waals surface area contributed by atoms with E-state index in [1.54, 1.807) is 13.0 Å². The molecule has 0 aliphatic heterocycles. The summed E-state index contributed by atoms with van der Waals surface area (Å²) in [6, 6.07) is 19.9. The third-order valence-corrected chi connectivity index (χ3v) is 3.68. The second-order valence-electron chi connectivity index (χ2n) is 5.67. The van der Waals surface area contributed by atoms with Crippen molar-refractivity contribution in [3.63, 3.8) is 0 Å².